The van der Waals surface area contributed by atoms with E-state index in [4.69, 9.17) is 11.6 Å². The Labute approximate surface area is 110 Å². The lowest BCUT2D eigenvalue weighted by molar-refractivity contribution is 0.213. The highest BCUT2D eigenvalue weighted by atomic mass is 35.5. The average molecular weight is 262 g/mol. The van der Waals surface area contributed by atoms with Crippen LogP contribution in [0.3, 0.4) is 0 Å². The molecule has 1 atom stereocenters. The third-order valence-corrected chi connectivity index (χ3v) is 3.15. The number of nitrogens with zero attached hydrogens (tertiary/aromatic N) is 1. The van der Waals surface area contributed by atoms with Crippen LogP contribution in [0.4, 0.5) is 0 Å². The minimum Gasteiger partial charge on any atom is -0.297 e. The Hall–Kier alpha value is -0.240. The van der Waals surface area contributed by atoms with Crippen LogP contribution in [-0.4, -0.2) is 18.0 Å². The van der Waals surface area contributed by atoms with Crippen LogP contribution in [0.1, 0.15) is 38.8 Å². The predicted octanol–water partition coefficient (Wildman–Crippen LogP) is 4.55. The predicted molar refractivity (Wildman–Crippen MR) is 74.7 cm³/mol. The molecule has 0 amide bonds. The van der Waals surface area contributed by atoms with E-state index in [9.17, 15) is 0 Å². The first-order valence-electron chi connectivity index (χ1n) is 5.72. The summed E-state index contributed by atoms with van der Waals surface area (Å²) in [5, 5.41) is 0.813. The molecule has 1 nitrogen and oxygen atoms in total. The molecule has 0 aromatic heterocycles. The van der Waals surface area contributed by atoms with Gasteiger partial charge in [0.1, 0.15) is 0 Å². The minimum atomic E-state index is 0. The van der Waals surface area contributed by atoms with E-state index >= 15 is 0 Å². The van der Waals surface area contributed by atoms with Crippen molar-refractivity contribution in [1.29, 1.82) is 0 Å². The molecule has 0 aliphatic heterocycles. The molecule has 0 aliphatic rings. The molecule has 0 radical (unpaired) electrons. The second kappa shape index (κ2) is 7.94. The molecule has 0 N–H and O–H groups in total. The lowest BCUT2D eigenvalue weighted by atomic mass is 10.0. The fourth-order valence-corrected chi connectivity index (χ4v) is 2.18. The van der Waals surface area contributed by atoms with Gasteiger partial charge in [0.2, 0.25) is 0 Å². The van der Waals surface area contributed by atoms with Crippen molar-refractivity contribution in [2.75, 3.05) is 13.1 Å². The van der Waals surface area contributed by atoms with E-state index in [-0.39, 0.29) is 12.4 Å². The van der Waals surface area contributed by atoms with Crippen molar-refractivity contribution in [1.82, 2.24) is 4.90 Å². The van der Waals surface area contributed by atoms with E-state index in [1.807, 2.05) is 12.1 Å². The lowest BCUT2D eigenvalue weighted by Gasteiger charge is -2.29. The summed E-state index contributed by atoms with van der Waals surface area (Å²) in [5.41, 5.74) is 1.37. The fraction of sp³-hybridized carbons (Fsp3) is 0.538. The SMILES string of the molecule is CCC(c1ccc(Cl)cc1)N(CC)CC.Cl. The Morgan fingerprint density at radius 2 is 1.56 bits per heavy atom. The molecular weight excluding hydrogens is 241 g/mol. The zero-order valence-electron chi connectivity index (χ0n) is 10.2. The summed E-state index contributed by atoms with van der Waals surface area (Å²) in [6, 6.07) is 8.74. The number of hydrogen-bond donors (Lipinski definition) is 0. The molecule has 16 heavy (non-hydrogen) atoms. The van der Waals surface area contributed by atoms with Crippen molar-refractivity contribution < 1.29 is 0 Å². The zero-order chi connectivity index (χ0) is 11.3. The molecule has 0 heterocycles. The number of halogens is 2. The molecule has 92 valence electrons. The second-order valence-corrected chi connectivity index (χ2v) is 4.13. The maximum absolute atomic E-state index is 5.89. The van der Waals surface area contributed by atoms with Gasteiger partial charge >= 0.3 is 0 Å². The van der Waals surface area contributed by atoms with Crippen molar-refractivity contribution in [2.45, 2.75) is 33.2 Å². The third-order valence-electron chi connectivity index (χ3n) is 2.89. The summed E-state index contributed by atoms with van der Waals surface area (Å²) in [6.07, 6.45) is 1.14. The van der Waals surface area contributed by atoms with Gasteiger partial charge in [0.25, 0.3) is 0 Å². The van der Waals surface area contributed by atoms with Gasteiger partial charge in [0.05, 0.1) is 0 Å². The maximum atomic E-state index is 5.89. The van der Waals surface area contributed by atoms with Crippen molar-refractivity contribution in [3.8, 4) is 0 Å². The van der Waals surface area contributed by atoms with Gasteiger partial charge in [-0.3, -0.25) is 4.90 Å². The summed E-state index contributed by atoms with van der Waals surface area (Å²) < 4.78 is 0. The van der Waals surface area contributed by atoms with Gasteiger partial charge in [-0.15, -0.1) is 12.4 Å². The second-order valence-electron chi connectivity index (χ2n) is 3.70. The van der Waals surface area contributed by atoms with Gasteiger partial charge in [0, 0.05) is 11.1 Å². The standard InChI is InChI=1S/C13H20ClN.ClH/c1-4-13(15(5-2)6-3)11-7-9-12(14)10-8-11;/h7-10,13H,4-6H2,1-3H3;1H. The molecule has 0 spiro atoms. The van der Waals surface area contributed by atoms with Gasteiger partial charge < -0.3 is 0 Å². The van der Waals surface area contributed by atoms with E-state index in [0.717, 1.165) is 24.5 Å². The largest absolute Gasteiger partial charge is 0.297 e. The zero-order valence-corrected chi connectivity index (χ0v) is 11.8. The Morgan fingerprint density at radius 3 is 1.94 bits per heavy atom. The van der Waals surface area contributed by atoms with E-state index in [0.29, 0.717) is 6.04 Å². The van der Waals surface area contributed by atoms with Gasteiger partial charge in [-0.1, -0.05) is 44.5 Å². The van der Waals surface area contributed by atoms with Gasteiger partial charge in [0.15, 0.2) is 0 Å². The fourth-order valence-electron chi connectivity index (χ4n) is 2.05. The van der Waals surface area contributed by atoms with Gasteiger partial charge in [-0.2, -0.15) is 0 Å². The van der Waals surface area contributed by atoms with E-state index in [1.54, 1.807) is 0 Å². The Kier molecular flexibility index (Phi) is 7.82. The van der Waals surface area contributed by atoms with Crippen LogP contribution in [0.2, 0.25) is 5.02 Å². The molecule has 3 heteroatoms. The summed E-state index contributed by atoms with van der Waals surface area (Å²) in [7, 11) is 0. The summed E-state index contributed by atoms with van der Waals surface area (Å²) >= 11 is 5.89. The quantitative estimate of drug-likeness (QED) is 0.752. The molecule has 0 bridgehead atoms. The van der Waals surface area contributed by atoms with Gasteiger partial charge in [-0.05, 0) is 37.2 Å². The average Bonchev–Trinajstić information content (AvgIpc) is 2.27. The highest BCUT2D eigenvalue weighted by Gasteiger charge is 2.15. The molecule has 1 aromatic carbocycles. The van der Waals surface area contributed by atoms with E-state index in [2.05, 4.69) is 37.8 Å². The lowest BCUT2D eigenvalue weighted by Crippen LogP contribution is -2.27. The summed E-state index contributed by atoms with van der Waals surface area (Å²) in [5.74, 6) is 0. The van der Waals surface area contributed by atoms with Crippen LogP contribution < -0.4 is 0 Å². The molecule has 1 unspecified atom stereocenters. The molecule has 0 saturated heterocycles. The van der Waals surface area contributed by atoms with Crippen LogP contribution in [0, 0.1) is 0 Å². The first-order valence-corrected chi connectivity index (χ1v) is 6.10. The number of hydrogen-bond acceptors (Lipinski definition) is 1. The van der Waals surface area contributed by atoms with Crippen molar-refractivity contribution in [3.63, 3.8) is 0 Å². The van der Waals surface area contributed by atoms with Crippen LogP contribution in [0.15, 0.2) is 24.3 Å². The normalized spacial score (nSPS) is 12.3. The maximum Gasteiger partial charge on any atom is 0.0406 e. The van der Waals surface area contributed by atoms with Crippen molar-refractivity contribution in [2.24, 2.45) is 0 Å². The molecule has 0 fully saturated rings. The number of rotatable bonds is 5. The van der Waals surface area contributed by atoms with Crippen LogP contribution in [-0.2, 0) is 0 Å². The monoisotopic (exact) mass is 261 g/mol. The van der Waals surface area contributed by atoms with Crippen LogP contribution in [0.25, 0.3) is 0 Å². The highest BCUT2D eigenvalue weighted by molar-refractivity contribution is 6.30. The first-order chi connectivity index (χ1) is 7.22. The van der Waals surface area contributed by atoms with E-state index in [1.165, 1.54) is 5.56 Å². The highest BCUT2D eigenvalue weighted by Crippen LogP contribution is 2.24. The van der Waals surface area contributed by atoms with Crippen LogP contribution >= 0.6 is 24.0 Å². The smallest absolute Gasteiger partial charge is 0.0406 e. The Bertz CT molecular complexity index is 280. The first kappa shape index (κ1) is 15.8. The number of benzene rings is 1. The Balaban J connectivity index is 0.00000225. The molecule has 1 aromatic rings. The van der Waals surface area contributed by atoms with E-state index < -0.39 is 0 Å². The summed E-state index contributed by atoms with van der Waals surface area (Å²) in [4.78, 5) is 2.48. The van der Waals surface area contributed by atoms with Gasteiger partial charge in [-0.25, -0.2) is 0 Å². The topological polar surface area (TPSA) is 3.24 Å². The summed E-state index contributed by atoms with van der Waals surface area (Å²) in [6.45, 7) is 8.84. The molecule has 1 rings (SSSR count). The molecule has 0 saturated carbocycles. The Morgan fingerprint density at radius 1 is 1.06 bits per heavy atom. The van der Waals surface area contributed by atoms with Crippen molar-refractivity contribution in [3.05, 3.63) is 34.9 Å². The third kappa shape index (κ3) is 3.97. The molecular formula is C13H21Cl2N. The van der Waals surface area contributed by atoms with Crippen LogP contribution in [0.5, 0.6) is 0 Å². The minimum absolute atomic E-state index is 0. The molecule has 0 aliphatic carbocycles. The van der Waals surface area contributed by atoms with Crippen molar-refractivity contribution >= 4 is 24.0 Å².